The molecule has 6 nitrogen and oxygen atoms in total. The van der Waals surface area contributed by atoms with Crippen LogP contribution in [0.1, 0.15) is 47.0 Å². The predicted octanol–water partition coefficient (Wildman–Crippen LogP) is 2.08. The van der Waals surface area contributed by atoms with Crippen LogP contribution in [0, 0.1) is 0 Å². The Bertz CT molecular complexity index is 418. The fourth-order valence-electron chi connectivity index (χ4n) is 3.55. The lowest BCUT2D eigenvalue weighted by Gasteiger charge is -2.41. The minimum Gasteiger partial charge on any atom is -0.444 e. The van der Waals surface area contributed by atoms with Gasteiger partial charge in [-0.05, 0) is 54.0 Å². The molecule has 0 spiro atoms. The van der Waals surface area contributed by atoms with Gasteiger partial charge < -0.3 is 24.6 Å². The van der Waals surface area contributed by atoms with Gasteiger partial charge in [0.15, 0.2) is 0 Å². The second-order valence-electron chi connectivity index (χ2n) is 8.46. The highest BCUT2D eigenvalue weighted by Crippen LogP contribution is 2.27. The van der Waals surface area contributed by atoms with E-state index in [1.807, 2.05) is 20.8 Å². The zero-order valence-corrected chi connectivity index (χ0v) is 16.2. The van der Waals surface area contributed by atoms with Crippen LogP contribution in [0.25, 0.3) is 0 Å². The van der Waals surface area contributed by atoms with E-state index < -0.39 is 5.60 Å². The Hall–Kier alpha value is -0.850. The van der Waals surface area contributed by atoms with Crippen molar-refractivity contribution in [2.24, 2.45) is 0 Å². The second kappa shape index (κ2) is 7.58. The average molecular weight is 341 g/mol. The van der Waals surface area contributed by atoms with E-state index in [-0.39, 0.29) is 11.7 Å². The van der Waals surface area contributed by atoms with Crippen LogP contribution < -0.4 is 5.32 Å². The predicted molar refractivity (Wildman–Crippen MR) is 95.3 cm³/mol. The van der Waals surface area contributed by atoms with Crippen molar-refractivity contribution in [1.29, 1.82) is 0 Å². The molecule has 24 heavy (non-hydrogen) atoms. The summed E-state index contributed by atoms with van der Waals surface area (Å²) in [5, 5.41) is 3.68. The van der Waals surface area contributed by atoms with E-state index in [9.17, 15) is 4.79 Å². The second-order valence-corrected chi connectivity index (χ2v) is 8.46. The van der Waals surface area contributed by atoms with Crippen LogP contribution in [0.3, 0.4) is 0 Å². The van der Waals surface area contributed by atoms with Gasteiger partial charge in [-0.15, -0.1) is 0 Å². The normalized spacial score (nSPS) is 28.2. The third kappa shape index (κ3) is 5.07. The van der Waals surface area contributed by atoms with Crippen molar-refractivity contribution in [3.8, 4) is 0 Å². The van der Waals surface area contributed by atoms with Crippen molar-refractivity contribution in [3.63, 3.8) is 0 Å². The standard InChI is InChI=1S/C18H35N3O3/c1-14-11-15(12-20(14)5)19-13-18(23-6)7-9-21(10-8-18)16(22)24-17(2,3)4/h14-15,19H,7-13H2,1-6H3. The number of likely N-dealkylation sites (N-methyl/N-ethyl adjacent to an activating group) is 1. The van der Waals surface area contributed by atoms with Crippen LogP contribution in [0.5, 0.6) is 0 Å². The lowest BCUT2D eigenvalue weighted by Crippen LogP contribution is -2.54. The van der Waals surface area contributed by atoms with Crippen LogP contribution >= 0.6 is 0 Å². The number of piperidine rings is 1. The van der Waals surface area contributed by atoms with E-state index in [1.165, 1.54) is 6.42 Å². The Morgan fingerprint density at radius 2 is 1.92 bits per heavy atom. The highest BCUT2D eigenvalue weighted by atomic mass is 16.6. The van der Waals surface area contributed by atoms with E-state index in [4.69, 9.17) is 9.47 Å². The van der Waals surface area contributed by atoms with Crippen molar-refractivity contribution in [2.45, 2.75) is 70.2 Å². The number of hydrogen-bond acceptors (Lipinski definition) is 5. The average Bonchev–Trinajstić information content (AvgIpc) is 2.83. The van der Waals surface area contributed by atoms with Crippen LogP contribution in [0.2, 0.25) is 0 Å². The van der Waals surface area contributed by atoms with Gasteiger partial charge in [0.1, 0.15) is 5.60 Å². The number of methoxy groups -OCH3 is 1. The summed E-state index contributed by atoms with van der Waals surface area (Å²) in [6.07, 6.45) is 2.65. The summed E-state index contributed by atoms with van der Waals surface area (Å²) in [6.45, 7) is 11.3. The van der Waals surface area contributed by atoms with Crippen molar-refractivity contribution < 1.29 is 14.3 Å². The molecule has 0 saturated carbocycles. The van der Waals surface area contributed by atoms with Gasteiger partial charge in [0.25, 0.3) is 0 Å². The van der Waals surface area contributed by atoms with E-state index >= 15 is 0 Å². The molecule has 1 amide bonds. The summed E-state index contributed by atoms with van der Waals surface area (Å²) in [7, 11) is 3.96. The van der Waals surface area contributed by atoms with Gasteiger partial charge in [-0.3, -0.25) is 0 Å². The number of nitrogens with one attached hydrogen (secondary N) is 1. The summed E-state index contributed by atoms with van der Waals surface area (Å²) < 4.78 is 11.3. The quantitative estimate of drug-likeness (QED) is 0.848. The third-order valence-corrected chi connectivity index (χ3v) is 5.36. The Morgan fingerprint density at radius 1 is 1.29 bits per heavy atom. The highest BCUT2D eigenvalue weighted by molar-refractivity contribution is 5.68. The summed E-state index contributed by atoms with van der Waals surface area (Å²) in [5.41, 5.74) is -0.622. The molecular weight excluding hydrogens is 306 g/mol. The van der Waals surface area contributed by atoms with E-state index in [0.717, 1.165) is 25.9 Å². The van der Waals surface area contributed by atoms with Gasteiger partial charge >= 0.3 is 6.09 Å². The number of likely N-dealkylation sites (tertiary alicyclic amines) is 2. The van der Waals surface area contributed by atoms with Crippen molar-refractivity contribution in [1.82, 2.24) is 15.1 Å². The van der Waals surface area contributed by atoms with Crippen LogP contribution in [0.15, 0.2) is 0 Å². The Morgan fingerprint density at radius 3 is 2.38 bits per heavy atom. The van der Waals surface area contributed by atoms with E-state index in [1.54, 1.807) is 12.0 Å². The van der Waals surface area contributed by atoms with E-state index in [2.05, 4.69) is 24.2 Å². The molecule has 140 valence electrons. The molecule has 2 rings (SSSR count). The maximum Gasteiger partial charge on any atom is 0.410 e. The Kier molecular flexibility index (Phi) is 6.15. The number of carbonyl (C=O) groups excluding carboxylic acids is 1. The lowest BCUT2D eigenvalue weighted by molar-refractivity contribution is -0.0598. The SMILES string of the molecule is COC1(CNC2CC(C)N(C)C2)CCN(C(=O)OC(C)(C)C)CC1. The molecule has 2 heterocycles. The van der Waals surface area contributed by atoms with Crippen molar-refractivity contribution >= 4 is 6.09 Å². The minimum atomic E-state index is -0.445. The maximum atomic E-state index is 12.2. The molecule has 0 aromatic rings. The highest BCUT2D eigenvalue weighted by Gasteiger charge is 2.38. The molecule has 0 radical (unpaired) electrons. The van der Waals surface area contributed by atoms with Gasteiger partial charge in [0.2, 0.25) is 0 Å². The Balaban J connectivity index is 1.82. The molecular formula is C18H35N3O3. The zero-order valence-electron chi connectivity index (χ0n) is 16.2. The summed E-state index contributed by atoms with van der Waals surface area (Å²) in [6, 6.07) is 1.16. The smallest absolute Gasteiger partial charge is 0.410 e. The summed E-state index contributed by atoms with van der Waals surface area (Å²) >= 11 is 0. The number of ether oxygens (including phenoxy) is 2. The molecule has 0 bridgehead atoms. The summed E-state index contributed by atoms with van der Waals surface area (Å²) in [4.78, 5) is 16.4. The molecule has 1 N–H and O–H groups in total. The van der Waals surface area contributed by atoms with Crippen LogP contribution in [0.4, 0.5) is 4.79 Å². The first-order valence-corrected chi connectivity index (χ1v) is 9.11. The first kappa shape index (κ1) is 19.5. The molecule has 2 aliphatic rings. The molecule has 2 saturated heterocycles. The fourth-order valence-corrected chi connectivity index (χ4v) is 3.55. The Labute approximate surface area is 146 Å². The van der Waals surface area contributed by atoms with Crippen LogP contribution in [-0.4, -0.2) is 79.5 Å². The van der Waals surface area contributed by atoms with Crippen molar-refractivity contribution in [2.75, 3.05) is 40.3 Å². The molecule has 0 aromatic heterocycles. The number of hydrogen-bond donors (Lipinski definition) is 1. The fraction of sp³-hybridized carbons (Fsp3) is 0.944. The monoisotopic (exact) mass is 341 g/mol. The number of amides is 1. The van der Waals surface area contributed by atoms with Gasteiger partial charge in [0, 0.05) is 45.4 Å². The van der Waals surface area contributed by atoms with Gasteiger partial charge in [-0.2, -0.15) is 0 Å². The van der Waals surface area contributed by atoms with Gasteiger partial charge in [-0.1, -0.05) is 0 Å². The number of nitrogens with zero attached hydrogens (tertiary/aromatic N) is 2. The molecule has 2 unspecified atom stereocenters. The largest absolute Gasteiger partial charge is 0.444 e. The van der Waals surface area contributed by atoms with Gasteiger partial charge in [-0.25, -0.2) is 4.79 Å². The zero-order chi connectivity index (χ0) is 18.0. The molecule has 2 aliphatic heterocycles. The molecule has 0 aliphatic carbocycles. The van der Waals surface area contributed by atoms with E-state index in [0.29, 0.717) is 25.2 Å². The molecule has 2 fully saturated rings. The molecule has 6 heteroatoms. The number of rotatable bonds is 4. The lowest BCUT2D eigenvalue weighted by atomic mass is 9.90. The van der Waals surface area contributed by atoms with Gasteiger partial charge in [0.05, 0.1) is 5.60 Å². The molecule has 0 aromatic carbocycles. The minimum absolute atomic E-state index is 0.178. The first-order valence-electron chi connectivity index (χ1n) is 9.11. The van der Waals surface area contributed by atoms with Crippen molar-refractivity contribution in [3.05, 3.63) is 0 Å². The third-order valence-electron chi connectivity index (χ3n) is 5.36. The summed E-state index contributed by atoms with van der Waals surface area (Å²) in [5.74, 6) is 0. The molecule has 2 atom stereocenters. The maximum absolute atomic E-state index is 12.2. The topological polar surface area (TPSA) is 54.0 Å². The first-order chi connectivity index (χ1) is 11.1. The number of carbonyl (C=O) groups is 1. The van der Waals surface area contributed by atoms with Crippen LogP contribution in [-0.2, 0) is 9.47 Å².